The fourth-order valence-corrected chi connectivity index (χ4v) is 4.33. The van der Waals surface area contributed by atoms with Crippen LogP contribution in [0.15, 0.2) is 29.6 Å². The summed E-state index contributed by atoms with van der Waals surface area (Å²) in [4.78, 5) is 27.1. The molecule has 0 aliphatic carbocycles. The van der Waals surface area contributed by atoms with Crippen molar-refractivity contribution in [1.29, 1.82) is 0 Å². The van der Waals surface area contributed by atoms with Gasteiger partial charge in [0.05, 0.1) is 16.7 Å². The topological polar surface area (TPSA) is 73.9 Å². The number of H-pyrrole nitrogens is 1. The highest BCUT2D eigenvalue weighted by atomic mass is 32.1. The number of likely N-dealkylation sites (tertiary alicyclic amines) is 1. The molecular formula is C21H27N5OS. The summed E-state index contributed by atoms with van der Waals surface area (Å²) in [5.41, 5.74) is 3.07. The number of aromatic amines is 1. The number of imidazole rings is 1. The first-order valence-electron chi connectivity index (χ1n) is 10.1. The fraction of sp³-hybridized carbons (Fsp3) is 0.476. The first-order valence-corrected chi connectivity index (χ1v) is 10.9. The van der Waals surface area contributed by atoms with Gasteiger partial charge in [0.15, 0.2) is 5.13 Å². The van der Waals surface area contributed by atoms with E-state index in [9.17, 15) is 4.79 Å². The summed E-state index contributed by atoms with van der Waals surface area (Å²) in [6.45, 7) is 5.48. The Bertz CT molecular complexity index is 893. The second-order valence-electron chi connectivity index (χ2n) is 7.71. The molecular weight excluding hydrogens is 370 g/mol. The summed E-state index contributed by atoms with van der Waals surface area (Å²) in [5.74, 6) is 1.78. The molecule has 4 rings (SSSR count). The fourth-order valence-electron chi connectivity index (χ4n) is 3.61. The number of anilines is 1. The van der Waals surface area contributed by atoms with Gasteiger partial charge in [-0.3, -0.25) is 9.69 Å². The number of carbonyl (C=O) groups excluding carboxylic acids is 1. The first kappa shape index (κ1) is 19.1. The van der Waals surface area contributed by atoms with E-state index in [0.717, 1.165) is 60.9 Å². The van der Waals surface area contributed by atoms with E-state index in [-0.39, 0.29) is 5.91 Å². The molecule has 3 heterocycles. The third-order valence-corrected chi connectivity index (χ3v) is 6.12. The molecule has 148 valence electrons. The molecule has 1 fully saturated rings. The predicted octanol–water partition coefficient (Wildman–Crippen LogP) is 4.21. The number of rotatable bonds is 7. The molecule has 7 heteroatoms. The van der Waals surface area contributed by atoms with Crippen molar-refractivity contribution in [2.24, 2.45) is 5.92 Å². The molecule has 2 N–H and O–H groups in total. The van der Waals surface area contributed by atoms with Gasteiger partial charge in [-0.2, -0.15) is 0 Å². The Morgan fingerprint density at radius 2 is 2.11 bits per heavy atom. The Balaban J connectivity index is 1.21. The summed E-state index contributed by atoms with van der Waals surface area (Å²) < 4.78 is 0. The van der Waals surface area contributed by atoms with Gasteiger partial charge in [-0.05, 0) is 50.4 Å². The molecule has 0 saturated carbocycles. The minimum Gasteiger partial charge on any atom is -0.342 e. The van der Waals surface area contributed by atoms with Crippen LogP contribution in [0.5, 0.6) is 0 Å². The maximum absolute atomic E-state index is 12.2. The van der Waals surface area contributed by atoms with Crippen molar-refractivity contribution in [2.75, 3.05) is 18.4 Å². The van der Waals surface area contributed by atoms with Crippen LogP contribution >= 0.6 is 11.3 Å². The normalized spacial score (nSPS) is 15.9. The van der Waals surface area contributed by atoms with E-state index in [1.807, 2.05) is 24.3 Å². The van der Waals surface area contributed by atoms with Crippen LogP contribution in [-0.2, 0) is 17.8 Å². The molecule has 1 aliphatic rings. The van der Waals surface area contributed by atoms with Crippen LogP contribution in [0.2, 0.25) is 0 Å². The maximum atomic E-state index is 12.2. The Morgan fingerprint density at radius 1 is 1.29 bits per heavy atom. The van der Waals surface area contributed by atoms with Gasteiger partial charge < -0.3 is 10.3 Å². The number of nitrogens with zero attached hydrogens (tertiary/aromatic N) is 3. The molecule has 2 aromatic heterocycles. The van der Waals surface area contributed by atoms with Gasteiger partial charge in [-0.1, -0.05) is 19.1 Å². The van der Waals surface area contributed by atoms with E-state index in [4.69, 9.17) is 0 Å². The van der Waals surface area contributed by atoms with Gasteiger partial charge in [-0.25, -0.2) is 9.97 Å². The number of fused-ring (bicyclic) bond motifs is 1. The van der Waals surface area contributed by atoms with Crippen molar-refractivity contribution in [3.63, 3.8) is 0 Å². The summed E-state index contributed by atoms with van der Waals surface area (Å²) in [6.07, 6.45) is 4.52. The summed E-state index contributed by atoms with van der Waals surface area (Å²) in [7, 11) is 0. The zero-order chi connectivity index (χ0) is 19.3. The smallest absolute Gasteiger partial charge is 0.226 e. The van der Waals surface area contributed by atoms with E-state index in [1.165, 1.54) is 24.2 Å². The molecule has 3 aromatic rings. The second kappa shape index (κ2) is 8.84. The van der Waals surface area contributed by atoms with Crippen LogP contribution in [0.1, 0.15) is 44.1 Å². The minimum absolute atomic E-state index is 0.0174. The lowest BCUT2D eigenvalue weighted by atomic mass is 9.99. The second-order valence-corrected chi connectivity index (χ2v) is 8.56. The number of hydrogen-bond donors (Lipinski definition) is 2. The highest BCUT2D eigenvalue weighted by Crippen LogP contribution is 2.21. The average molecular weight is 398 g/mol. The maximum Gasteiger partial charge on any atom is 0.226 e. The van der Waals surface area contributed by atoms with Gasteiger partial charge in [-0.15, -0.1) is 11.3 Å². The first-order chi connectivity index (χ1) is 13.7. The minimum atomic E-state index is 0.0174. The van der Waals surface area contributed by atoms with Gasteiger partial charge in [0.25, 0.3) is 0 Å². The van der Waals surface area contributed by atoms with Crippen molar-refractivity contribution in [3.8, 4) is 0 Å². The average Bonchev–Trinajstić information content (AvgIpc) is 3.29. The van der Waals surface area contributed by atoms with Crippen LogP contribution < -0.4 is 5.32 Å². The monoisotopic (exact) mass is 397 g/mol. The number of para-hydroxylation sites is 2. The summed E-state index contributed by atoms with van der Waals surface area (Å²) >= 11 is 1.51. The third kappa shape index (κ3) is 4.97. The predicted molar refractivity (Wildman–Crippen MR) is 113 cm³/mol. The van der Waals surface area contributed by atoms with Crippen LogP contribution in [-0.4, -0.2) is 38.8 Å². The van der Waals surface area contributed by atoms with Crippen molar-refractivity contribution < 1.29 is 4.79 Å². The van der Waals surface area contributed by atoms with Crippen molar-refractivity contribution in [1.82, 2.24) is 19.9 Å². The van der Waals surface area contributed by atoms with Crippen molar-refractivity contribution in [3.05, 3.63) is 41.2 Å². The highest BCUT2D eigenvalue weighted by Gasteiger charge is 2.17. The quantitative estimate of drug-likeness (QED) is 0.626. The third-order valence-electron chi connectivity index (χ3n) is 5.32. The van der Waals surface area contributed by atoms with Gasteiger partial charge in [0.2, 0.25) is 5.91 Å². The molecule has 0 bridgehead atoms. The lowest BCUT2D eigenvalue weighted by Crippen LogP contribution is -2.32. The number of amides is 1. The van der Waals surface area contributed by atoms with Crippen molar-refractivity contribution >= 4 is 33.4 Å². The molecule has 1 saturated heterocycles. The number of benzene rings is 1. The largest absolute Gasteiger partial charge is 0.342 e. The molecule has 1 amide bonds. The molecule has 0 unspecified atom stereocenters. The Labute approximate surface area is 169 Å². The van der Waals surface area contributed by atoms with E-state index in [1.54, 1.807) is 0 Å². The molecule has 0 radical (unpaired) electrons. The van der Waals surface area contributed by atoms with Crippen LogP contribution in [0, 0.1) is 5.92 Å². The molecule has 1 aromatic carbocycles. The van der Waals surface area contributed by atoms with E-state index < -0.39 is 0 Å². The SMILES string of the molecule is CC1CCN(Cc2csc(NC(=O)CCCc3nc4ccccc4[nH]3)n2)CC1. The Morgan fingerprint density at radius 3 is 2.93 bits per heavy atom. The zero-order valence-corrected chi connectivity index (χ0v) is 17.1. The van der Waals surface area contributed by atoms with E-state index >= 15 is 0 Å². The number of thiazole rings is 1. The van der Waals surface area contributed by atoms with Crippen LogP contribution in [0.25, 0.3) is 11.0 Å². The molecule has 0 spiro atoms. The highest BCUT2D eigenvalue weighted by molar-refractivity contribution is 7.13. The number of aromatic nitrogens is 3. The van der Waals surface area contributed by atoms with Crippen LogP contribution in [0.4, 0.5) is 5.13 Å². The molecule has 6 nitrogen and oxygen atoms in total. The Kier molecular flexibility index (Phi) is 6.02. The van der Waals surface area contributed by atoms with Crippen LogP contribution in [0.3, 0.4) is 0 Å². The molecule has 0 atom stereocenters. The number of aryl methyl sites for hydroxylation is 1. The number of piperidine rings is 1. The van der Waals surface area contributed by atoms with E-state index in [0.29, 0.717) is 11.6 Å². The molecule has 1 aliphatic heterocycles. The summed E-state index contributed by atoms with van der Waals surface area (Å²) in [6, 6.07) is 7.98. The van der Waals surface area contributed by atoms with E-state index in [2.05, 4.69) is 37.5 Å². The lowest BCUT2D eigenvalue weighted by Gasteiger charge is -2.29. The van der Waals surface area contributed by atoms with Gasteiger partial charge in [0.1, 0.15) is 5.82 Å². The standard InChI is InChI=1S/C21H27N5OS/c1-15-9-11-26(12-10-15)13-16-14-28-21(22-16)25-20(27)8-4-7-19-23-17-5-2-3-6-18(17)24-19/h2-3,5-6,14-15H,4,7-13H2,1H3,(H,23,24)(H,22,25,27). The van der Waals surface area contributed by atoms with Gasteiger partial charge in [0, 0.05) is 24.8 Å². The van der Waals surface area contributed by atoms with Gasteiger partial charge >= 0.3 is 0 Å². The molecule has 28 heavy (non-hydrogen) atoms. The number of nitrogens with one attached hydrogen (secondary N) is 2. The lowest BCUT2D eigenvalue weighted by molar-refractivity contribution is -0.116. The summed E-state index contributed by atoms with van der Waals surface area (Å²) in [5, 5.41) is 5.70. The Hall–Kier alpha value is -2.25. The zero-order valence-electron chi connectivity index (χ0n) is 16.3. The van der Waals surface area contributed by atoms with Crippen molar-refractivity contribution in [2.45, 2.75) is 45.6 Å². The number of hydrogen-bond acceptors (Lipinski definition) is 5. The number of carbonyl (C=O) groups is 1.